The van der Waals surface area contributed by atoms with Crippen LogP contribution in [0, 0.1) is 5.92 Å². The Morgan fingerprint density at radius 3 is 3.08 bits per heavy atom. The van der Waals surface area contributed by atoms with Gasteiger partial charge in [-0.3, -0.25) is 9.36 Å². The zero-order valence-electron chi connectivity index (χ0n) is 14.1. The Balaban J connectivity index is 1.56. The Hall–Kier alpha value is -1.96. The summed E-state index contributed by atoms with van der Waals surface area (Å²) in [5.74, 6) is 2.22. The van der Waals surface area contributed by atoms with E-state index in [1.807, 2.05) is 53.0 Å². The third-order valence-electron chi connectivity index (χ3n) is 4.16. The van der Waals surface area contributed by atoms with Gasteiger partial charge in [-0.25, -0.2) is 4.79 Å². The van der Waals surface area contributed by atoms with Crippen molar-refractivity contribution >= 4 is 17.8 Å². The zero-order chi connectivity index (χ0) is 16.9. The smallest absolute Gasteiger partial charge is 0.317 e. The van der Waals surface area contributed by atoms with Crippen LogP contribution in [-0.4, -0.2) is 55.1 Å². The molecule has 1 saturated heterocycles. The summed E-state index contributed by atoms with van der Waals surface area (Å²) >= 11 is 1.89. The number of rotatable bonds is 5. The first-order valence-corrected chi connectivity index (χ1v) is 9.37. The molecule has 3 rings (SSSR count). The quantitative estimate of drug-likeness (QED) is 0.894. The van der Waals surface area contributed by atoms with Gasteiger partial charge in [-0.2, -0.15) is 22.0 Å². The van der Waals surface area contributed by atoms with Crippen LogP contribution in [0.4, 0.5) is 4.79 Å². The number of hydrogen-bond donors (Lipinski definition) is 1. The topological polar surface area (TPSA) is 68.0 Å². The molecular weight excluding hydrogens is 324 g/mol. The van der Waals surface area contributed by atoms with Crippen molar-refractivity contribution < 1.29 is 4.79 Å². The molecule has 2 aromatic heterocycles. The summed E-state index contributed by atoms with van der Waals surface area (Å²) in [6.07, 6.45) is 7.57. The van der Waals surface area contributed by atoms with Gasteiger partial charge in [0, 0.05) is 62.3 Å². The molecule has 2 aromatic rings. The van der Waals surface area contributed by atoms with Gasteiger partial charge in [-0.05, 0) is 12.0 Å². The van der Waals surface area contributed by atoms with E-state index in [1.54, 1.807) is 10.9 Å². The molecule has 0 saturated carbocycles. The fraction of sp³-hybridized carbons (Fsp3) is 0.562. The van der Waals surface area contributed by atoms with E-state index >= 15 is 0 Å². The van der Waals surface area contributed by atoms with Crippen LogP contribution in [-0.2, 0) is 13.6 Å². The lowest BCUT2D eigenvalue weighted by molar-refractivity contribution is 0.180. The summed E-state index contributed by atoms with van der Waals surface area (Å²) in [6.45, 7) is 4.33. The van der Waals surface area contributed by atoms with Crippen molar-refractivity contribution in [2.24, 2.45) is 13.0 Å². The van der Waals surface area contributed by atoms with Gasteiger partial charge in [0.15, 0.2) is 0 Å². The van der Waals surface area contributed by atoms with Gasteiger partial charge in [-0.15, -0.1) is 0 Å². The predicted molar refractivity (Wildman–Crippen MR) is 94.8 cm³/mol. The van der Waals surface area contributed by atoms with E-state index in [4.69, 9.17) is 0 Å². The summed E-state index contributed by atoms with van der Waals surface area (Å²) in [4.78, 5) is 14.6. The molecule has 130 valence electrons. The van der Waals surface area contributed by atoms with Gasteiger partial charge >= 0.3 is 6.03 Å². The average molecular weight is 348 g/mol. The first-order valence-electron chi connectivity index (χ1n) is 8.21. The molecule has 0 radical (unpaired) electrons. The van der Waals surface area contributed by atoms with Crippen LogP contribution in [0.3, 0.4) is 0 Å². The molecule has 3 heterocycles. The van der Waals surface area contributed by atoms with Crippen LogP contribution in [0.2, 0.25) is 0 Å². The first kappa shape index (κ1) is 16.9. The van der Waals surface area contributed by atoms with Crippen molar-refractivity contribution in [3.63, 3.8) is 0 Å². The van der Waals surface area contributed by atoms with Crippen molar-refractivity contribution in [1.29, 1.82) is 0 Å². The van der Waals surface area contributed by atoms with E-state index in [9.17, 15) is 4.79 Å². The molecule has 7 nitrogen and oxygen atoms in total. The molecule has 2 atom stereocenters. The highest BCUT2D eigenvalue weighted by Gasteiger charge is 2.29. The second-order valence-corrected chi connectivity index (χ2v) is 7.40. The summed E-state index contributed by atoms with van der Waals surface area (Å²) < 4.78 is 3.68. The van der Waals surface area contributed by atoms with Gasteiger partial charge in [0.05, 0.1) is 12.2 Å². The molecule has 0 bridgehead atoms. The van der Waals surface area contributed by atoms with Crippen LogP contribution < -0.4 is 5.32 Å². The number of urea groups is 1. The Kier molecular flexibility index (Phi) is 5.44. The average Bonchev–Trinajstić information content (AvgIpc) is 3.24. The highest BCUT2D eigenvalue weighted by Crippen LogP contribution is 2.29. The van der Waals surface area contributed by atoms with Crippen LogP contribution in [0.1, 0.15) is 18.5 Å². The van der Waals surface area contributed by atoms with Gasteiger partial charge in [0.1, 0.15) is 0 Å². The minimum atomic E-state index is 0.0106. The number of aryl methyl sites for hydroxylation is 1. The molecule has 1 fully saturated rings. The SMILES string of the molecule is C[C@H](CNC(=O)N1CCSC[C@H]1c1cnn(C)c1)Cn1cccn1. The number of nitrogens with one attached hydrogen (secondary N) is 1. The van der Waals surface area contributed by atoms with Crippen molar-refractivity contribution in [2.45, 2.75) is 19.5 Å². The van der Waals surface area contributed by atoms with Gasteiger partial charge < -0.3 is 10.2 Å². The third kappa shape index (κ3) is 4.11. The fourth-order valence-corrected chi connectivity index (χ4v) is 3.98. The summed E-state index contributed by atoms with van der Waals surface area (Å²) in [7, 11) is 1.90. The number of carbonyl (C=O) groups is 1. The minimum absolute atomic E-state index is 0.0106. The molecule has 8 heteroatoms. The Morgan fingerprint density at radius 1 is 1.50 bits per heavy atom. The fourth-order valence-electron chi connectivity index (χ4n) is 2.89. The second kappa shape index (κ2) is 7.74. The molecule has 0 aromatic carbocycles. The number of carbonyl (C=O) groups excluding carboxylic acids is 1. The van der Waals surface area contributed by atoms with E-state index in [1.165, 1.54) is 0 Å². The lowest BCUT2D eigenvalue weighted by atomic mass is 10.1. The van der Waals surface area contributed by atoms with E-state index in [0.29, 0.717) is 12.5 Å². The van der Waals surface area contributed by atoms with E-state index in [-0.39, 0.29) is 12.1 Å². The number of aromatic nitrogens is 4. The number of amides is 2. The van der Waals surface area contributed by atoms with Crippen molar-refractivity contribution in [2.75, 3.05) is 24.6 Å². The molecule has 24 heavy (non-hydrogen) atoms. The van der Waals surface area contributed by atoms with Crippen molar-refractivity contribution in [3.8, 4) is 0 Å². The lowest BCUT2D eigenvalue weighted by Gasteiger charge is -2.35. The van der Waals surface area contributed by atoms with E-state index in [0.717, 1.165) is 30.2 Å². The normalized spacial score (nSPS) is 19.2. The second-order valence-electron chi connectivity index (χ2n) is 6.25. The van der Waals surface area contributed by atoms with Crippen LogP contribution in [0.5, 0.6) is 0 Å². The van der Waals surface area contributed by atoms with Crippen LogP contribution in [0.25, 0.3) is 0 Å². The molecular formula is C16H24N6OS. The predicted octanol–water partition coefficient (Wildman–Crippen LogP) is 1.75. The Bertz CT molecular complexity index is 655. The van der Waals surface area contributed by atoms with Gasteiger partial charge in [0.2, 0.25) is 0 Å². The maximum Gasteiger partial charge on any atom is 0.317 e. The van der Waals surface area contributed by atoms with Crippen molar-refractivity contribution in [3.05, 3.63) is 36.4 Å². The van der Waals surface area contributed by atoms with Crippen LogP contribution in [0.15, 0.2) is 30.9 Å². The van der Waals surface area contributed by atoms with Crippen LogP contribution >= 0.6 is 11.8 Å². The monoisotopic (exact) mass is 348 g/mol. The van der Waals surface area contributed by atoms with E-state index in [2.05, 4.69) is 22.4 Å². The molecule has 2 amide bonds. The maximum atomic E-state index is 12.7. The summed E-state index contributed by atoms with van der Waals surface area (Å²) in [6, 6.07) is 2.02. The largest absolute Gasteiger partial charge is 0.338 e. The zero-order valence-corrected chi connectivity index (χ0v) is 14.9. The highest BCUT2D eigenvalue weighted by atomic mass is 32.2. The number of nitrogens with zero attached hydrogens (tertiary/aromatic N) is 5. The molecule has 1 N–H and O–H groups in total. The minimum Gasteiger partial charge on any atom is -0.338 e. The summed E-state index contributed by atoms with van der Waals surface area (Å²) in [5.41, 5.74) is 1.10. The van der Waals surface area contributed by atoms with Gasteiger partial charge in [-0.1, -0.05) is 6.92 Å². The maximum absolute atomic E-state index is 12.7. The number of hydrogen-bond acceptors (Lipinski definition) is 4. The van der Waals surface area contributed by atoms with E-state index < -0.39 is 0 Å². The molecule has 0 spiro atoms. The first-order chi connectivity index (χ1) is 11.6. The Morgan fingerprint density at radius 2 is 2.38 bits per heavy atom. The summed E-state index contributed by atoms with van der Waals surface area (Å²) in [5, 5.41) is 11.5. The number of thioether (sulfide) groups is 1. The van der Waals surface area contributed by atoms with Crippen molar-refractivity contribution in [1.82, 2.24) is 29.8 Å². The molecule has 1 aliphatic rings. The molecule has 0 aliphatic carbocycles. The molecule has 0 unspecified atom stereocenters. The highest BCUT2D eigenvalue weighted by molar-refractivity contribution is 7.99. The van der Waals surface area contributed by atoms with Gasteiger partial charge in [0.25, 0.3) is 0 Å². The molecule has 1 aliphatic heterocycles. The Labute approximate surface area is 146 Å². The lowest BCUT2D eigenvalue weighted by Crippen LogP contribution is -2.47. The standard InChI is InChI=1S/C16H24N6OS/c1-13(10-21-5-3-4-18-21)8-17-16(23)22-6-7-24-12-15(22)14-9-19-20(2)11-14/h3-5,9,11,13,15H,6-8,10,12H2,1-2H3,(H,17,23)/t13-,15+/m1/s1. The third-order valence-corrected chi connectivity index (χ3v) is 5.18.